The Morgan fingerprint density at radius 3 is 2.88 bits per heavy atom. The van der Waals surface area contributed by atoms with Crippen LogP contribution < -0.4 is 10.1 Å². The maximum Gasteiger partial charge on any atom is 0.160 e. The normalized spacial score (nSPS) is 10.1. The molecule has 0 aliphatic carbocycles. The molecule has 0 fully saturated rings. The molecular weight excluding hydrogens is 204 g/mol. The minimum Gasteiger partial charge on any atom is -0.504 e. The summed E-state index contributed by atoms with van der Waals surface area (Å²) in [6.45, 7) is 0.718. The number of hydrogen-bond acceptors (Lipinski definition) is 3. The third kappa shape index (κ3) is 2.28. The largest absolute Gasteiger partial charge is 0.504 e. The summed E-state index contributed by atoms with van der Waals surface area (Å²) >= 11 is 0. The van der Waals surface area contributed by atoms with Crippen molar-refractivity contribution in [3.63, 3.8) is 0 Å². The Bertz CT molecular complexity index is 452. The molecular formula is C12H14N2O2. The molecule has 2 rings (SSSR count). The van der Waals surface area contributed by atoms with Gasteiger partial charge < -0.3 is 20.1 Å². The fraction of sp³-hybridized carbons (Fsp3) is 0.167. The predicted molar refractivity (Wildman–Crippen MR) is 62.8 cm³/mol. The highest BCUT2D eigenvalue weighted by Crippen LogP contribution is 2.28. The fourth-order valence-electron chi connectivity index (χ4n) is 1.47. The first kappa shape index (κ1) is 10.4. The highest BCUT2D eigenvalue weighted by molar-refractivity contribution is 5.54. The zero-order chi connectivity index (χ0) is 11.4. The van der Waals surface area contributed by atoms with E-state index in [9.17, 15) is 5.11 Å². The number of phenolic OH excluding ortho intramolecular Hbond substituents is 1. The highest BCUT2D eigenvalue weighted by atomic mass is 16.5. The van der Waals surface area contributed by atoms with Crippen molar-refractivity contribution in [3.05, 3.63) is 42.2 Å². The van der Waals surface area contributed by atoms with E-state index in [4.69, 9.17) is 4.74 Å². The van der Waals surface area contributed by atoms with Crippen molar-refractivity contribution in [3.8, 4) is 11.5 Å². The number of phenols is 1. The van der Waals surface area contributed by atoms with Crippen LogP contribution in [0.15, 0.2) is 36.7 Å². The van der Waals surface area contributed by atoms with Gasteiger partial charge in [0.15, 0.2) is 11.5 Å². The number of ether oxygens (including phenoxy) is 1. The molecule has 3 N–H and O–H groups in total. The van der Waals surface area contributed by atoms with E-state index in [1.54, 1.807) is 12.1 Å². The maximum atomic E-state index is 9.58. The standard InChI is InChI=1S/C12H14N2O2/c1-16-12-3-2-10(6-11(12)15)14-8-9-4-5-13-7-9/h2-7,13-15H,8H2,1H3. The van der Waals surface area contributed by atoms with E-state index in [0.717, 1.165) is 17.8 Å². The molecule has 0 radical (unpaired) electrons. The SMILES string of the molecule is COc1ccc(NCc2cc[nH]c2)cc1O. The van der Waals surface area contributed by atoms with E-state index >= 15 is 0 Å². The van der Waals surface area contributed by atoms with Gasteiger partial charge in [-0.3, -0.25) is 0 Å². The summed E-state index contributed by atoms with van der Waals surface area (Å²) in [5.41, 5.74) is 2.02. The summed E-state index contributed by atoms with van der Waals surface area (Å²) in [5, 5.41) is 12.8. The lowest BCUT2D eigenvalue weighted by atomic mass is 10.2. The van der Waals surface area contributed by atoms with E-state index < -0.39 is 0 Å². The van der Waals surface area contributed by atoms with Crippen LogP contribution in [0.5, 0.6) is 11.5 Å². The first-order valence-electron chi connectivity index (χ1n) is 5.02. The zero-order valence-corrected chi connectivity index (χ0v) is 9.03. The number of aromatic nitrogens is 1. The van der Waals surface area contributed by atoms with Gasteiger partial charge in [0.2, 0.25) is 0 Å². The molecule has 84 valence electrons. The molecule has 4 nitrogen and oxygen atoms in total. The maximum absolute atomic E-state index is 9.58. The number of nitrogens with one attached hydrogen (secondary N) is 2. The molecule has 0 unspecified atom stereocenters. The molecule has 4 heteroatoms. The van der Waals surface area contributed by atoms with Crippen LogP contribution in [0.2, 0.25) is 0 Å². The molecule has 0 spiro atoms. The Morgan fingerprint density at radius 2 is 2.25 bits per heavy atom. The Hall–Kier alpha value is -2.10. The molecule has 0 saturated heterocycles. The number of hydrogen-bond donors (Lipinski definition) is 3. The molecule has 1 heterocycles. The first-order chi connectivity index (χ1) is 7.79. The molecule has 1 aromatic heterocycles. The van der Waals surface area contributed by atoms with Crippen molar-refractivity contribution in [1.82, 2.24) is 4.98 Å². The highest BCUT2D eigenvalue weighted by Gasteiger charge is 2.02. The quantitative estimate of drug-likeness (QED) is 0.738. The van der Waals surface area contributed by atoms with Crippen LogP contribution in [0.1, 0.15) is 5.56 Å². The van der Waals surface area contributed by atoms with Crippen molar-refractivity contribution in [2.24, 2.45) is 0 Å². The van der Waals surface area contributed by atoms with Crippen LogP contribution in [-0.4, -0.2) is 17.2 Å². The minimum atomic E-state index is 0.140. The van der Waals surface area contributed by atoms with Gasteiger partial charge in [0.25, 0.3) is 0 Å². The molecule has 16 heavy (non-hydrogen) atoms. The fourth-order valence-corrected chi connectivity index (χ4v) is 1.47. The van der Waals surface area contributed by atoms with Crippen LogP contribution >= 0.6 is 0 Å². The number of aromatic amines is 1. The van der Waals surface area contributed by atoms with E-state index in [1.807, 2.05) is 24.5 Å². The second-order valence-corrected chi connectivity index (χ2v) is 3.46. The second kappa shape index (κ2) is 4.61. The lowest BCUT2D eigenvalue weighted by Gasteiger charge is -2.08. The van der Waals surface area contributed by atoms with Gasteiger partial charge in [-0.2, -0.15) is 0 Å². The Balaban J connectivity index is 2.02. The monoisotopic (exact) mass is 218 g/mol. The zero-order valence-electron chi connectivity index (χ0n) is 9.03. The van der Waals surface area contributed by atoms with Crippen LogP contribution in [0.3, 0.4) is 0 Å². The Morgan fingerprint density at radius 1 is 1.38 bits per heavy atom. The van der Waals surface area contributed by atoms with Gasteiger partial charge in [0.1, 0.15) is 0 Å². The van der Waals surface area contributed by atoms with Gasteiger partial charge in [-0.25, -0.2) is 0 Å². The third-order valence-corrected chi connectivity index (χ3v) is 2.34. The minimum absolute atomic E-state index is 0.140. The Kier molecular flexibility index (Phi) is 3.00. The number of anilines is 1. The molecule has 0 aliphatic heterocycles. The molecule has 0 bridgehead atoms. The number of H-pyrrole nitrogens is 1. The van der Waals surface area contributed by atoms with Crippen molar-refractivity contribution in [2.45, 2.75) is 6.54 Å². The number of benzene rings is 1. The molecule has 1 aromatic carbocycles. The average molecular weight is 218 g/mol. The predicted octanol–water partition coefficient (Wildman–Crippen LogP) is 2.34. The van der Waals surface area contributed by atoms with Gasteiger partial charge in [-0.1, -0.05) is 0 Å². The van der Waals surface area contributed by atoms with Crippen LogP contribution in [0, 0.1) is 0 Å². The lowest BCUT2D eigenvalue weighted by molar-refractivity contribution is 0.373. The molecule has 0 aliphatic rings. The van der Waals surface area contributed by atoms with Crippen molar-refractivity contribution >= 4 is 5.69 Å². The number of methoxy groups -OCH3 is 1. The van der Waals surface area contributed by atoms with Crippen LogP contribution in [-0.2, 0) is 6.54 Å². The number of rotatable bonds is 4. The summed E-state index contributed by atoms with van der Waals surface area (Å²) in [5.74, 6) is 0.619. The smallest absolute Gasteiger partial charge is 0.160 e. The first-order valence-corrected chi connectivity index (χ1v) is 5.02. The van der Waals surface area contributed by atoms with E-state index in [-0.39, 0.29) is 5.75 Å². The number of aromatic hydroxyl groups is 1. The molecule has 2 aromatic rings. The summed E-state index contributed by atoms with van der Waals surface area (Å²) < 4.78 is 4.97. The summed E-state index contributed by atoms with van der Waals surface area (Å²) in [6, 6.07) is 7.24. The van der Waals surface area contributed by atoms with E-state index in [0.29, 0.717) is 5.75 Å². The lowest BCUT2D eigenvalue weighted by Crippen LogP contribution is -1.98. The van der Waals surface area contributed by atoms with Crippen molar-refractivity contribution in [1.29, 1.82) is 0 Å². The molecule has 0 saturated carbocycles. The average Bonchev–Trinajstić information content (AvgIpc) is 2.79. The van der Waals surface area contributed by atoms with Gasteiger partial charge in [-0.05, 0) is 23.8 Å². The molecule has 0 amide bonds. The van der Waals surface area contributed by atoms with E-state index in [2.05, 4.69) is 10.3 Å². The van der Waals surface area contributed by atoms with Gasteiger partial charge in [0.05, 0.1) is 7.11 Å². The van der Waals surface area contributed by atoms with Crippen molar-refractivity contribution in [2.75, 3.05) is 12.4 Å². The topological polar surface area (TPSA) is 57.3 Å². The van der Waals surface area contributed by atoms with E-state index in [1.165, 1.54) is 7.11 Å². The van der Waals surface area contributed by atoms with Crippen LogP contribution in [0.4, 0.5) is 5.69 Å². The van der Waals surface area contributed by atoms with Gasteiger partial charge in [0, 0.05) is 30.7 Å². The summed E-state index contributed by atoms with van der Waals surface area (Å²) in [7, 11) is 1.53. The van der Waals surface area contributed by atoms with Gasteiger partial charge >= 0.3 is 0 Å². The third-order valence-electron chi connectivity index (χ3n) is 2.34. The second-order valence-electron chi connectivity index (χ2n) is 3.46. The van der Waals surface area contributed by atoms with Crippen molar-refractivity contribution < 1.29 is 9.84 Å². The summed E-state index contributed by atoms with van der Waals surface area (Å²) in [4.78, 5) is 2.99. The van der Waals surface area contributed by atoms with Crippen LogP contribution in [0.25, 0.3) is 0 Å². The van der Waals surface area contributed by atoms with Gasteiger partial charge in [-0.15, -0.1) is 0 Å². The summed E-state index contributed by atoms with van der Waals surface area (Å²) in [6.07, 6.45) is 3.80. The Labute approximate surface area is 93.9 Å². The molecule has 0 atom stereocenters.